The van der Waals surface area contributed by atoms with Gasteiger partial charge < -0.3 is 9.67 Å². The predicted octanol–water partition coefficient (Wildman–Crippen LogP) is 4.09. The molecular weight excluding hydrogens is 328 g/mol. The topological polar surface area (TPSA) is 38.0 Å². The smallest absolute Gasteiger partial charge is 0.112 e. The Bertz CT molecular complexity index is 766. The zero-order valence-electron chi connectivity index (χ0n) is 11.8. The van der Waals surface area contributed by atoms with Crippen LogP contribution < -0.4 is 0 Å². The third kappa shape index (κ3) is 2.74. The predicted molar refractivity (Wildman–Crippen MR) is 88.2 cm³/mol. The Labute approximate surface area is 132 Å². The molecule has 1 unspecified atom stereocenters. The maximum absolute atomic E-state index is 10.5. The van der Waals surface area contributed by atoms with Crippen molar-refractivity contribution in [2.24, 2.45) is 0 Å². The van der Waals surface area contributed by atoms with Gasteiger partial charge in [0.15, 0.2) is 0 Å². The van der Waals surface area contributed by atoms with Crippen molar-refractivity contribution in [2.45, 2.75) is 26.0 Å². The van der Waals surface area contributed by atoms with Gasteiger partial charge in [-0.05, 0) is 30.7 Å². The second-order valence-electron chi connectivity index (χ2n) is 5.00. The van der Waals surface area contributed by atoms with Crippen LogP contribution in [0, 0.1) is 0 Å². The van der Waals surface area contributed by atoms with Gasteiger partial charge in [-0.25, -0.2) is 4.98 Å². The number of aromatic nitrogens is 2. The fourth-order valence-electron chi connectivity index (χ4n) is 2.66. The van der Waals surface area contributed by atoms with Crippen LogP contribution in [0.1, 0.15) is 24.4 Å². The molecule has 3 rings (SSSR count). The van der Waals surface area contributed by atoms with Crippen molar-refractivity contribution < 1.29 is 5.11 Å². The van der Waals surface area contributed by atoms with Gasteiger partial charge in [-0.1, -0.05) is 46.3 Å². The summed E-state index contributed by atoms with van der Waals surface area (Å²) in [6, 6.07) is 15.9. The van der Waals surface area contributed by atoms with E-state index in [0.717, 1.165) is 33.4 Å². The minimum Gasteiger partial charge on any atom is -0.388 e. The highest BCUT2D eigenvalue weighted by atomic mass is 79.9. The Morgan fingerprint density at radius 1 is 1.14 bits per heavy atom. The number of para-hydroxylation sites is 2. The van der Waals surface area contributed by atoms with Gasteiger partial charge in [0.1, 0.15) is 5.82 Å². The van der Waals surface area contributed by atoms with Gasteiger partial charge in [0.25, 0.3) is 0 Å². The van der Waals surface area contributed by atoms with Crippen LogP contribution in [0.3, 0.4) is 0 Å². The third-order valence-corrected chi connectivity index (χ3v) is 4.41. The second kappa shape index (κ2) is 6.00. The van der Waals surface area contributed by atoms with E-state index in [-0.39, 0.29) is 0 Å². The van der Waals surface area contributed by atoms with Crippen LogP contribution in [0.15, 0.2) is 53.0 Å². The van der Waals surface area contributed by atoms with Crippen molar-refractivity contribution >= 4 is 27.0 Å². The van der Waals surface area contributed by atoms with Gasteiger partial charge in [0, 0.05) is 17.4 Å². The fourth-order valence-corrected chi connectivity index (χ4v) is 3.21. The van der Waals surface area contributed by atoms with Crippen molar-refractivity contribution in [2.75, 3.05) is 0 Å². The number of aliphatic hydroxyl groups is 1. The first-order valence-electron chi connectivity index (χ1n) is 7.07. The van der Waals surface area contributed by atoms with Crippen molar-refractivity contribution in [1.29, 1.82) is 0 Å². The van der Waals surface area contributed by atoms with E-state index in [0.29, 0.717) is 6.42 Å². The first kappa shape index (κ1) is 14.3. The van der Waals surface area contributed by atoms with E-state index < -0.39 is 6.10 Å². The summed E-state index contributed by atoms with van der Waals surface area (Å²) in [5, 5.41) is 10.5. The zero-order valence-corrected chi connectivity index (χ0v) is 13.4. The lowest BCUT2D eigenvalue weighted by molar-refractivity contribution is 0.174. The summed E-state index contributed by atoms with van der Waals surface area (Å²) in [4.78, 5) is 4.67. The number of benzene rings is 2. The molecule has 0 amide bonds. The molecule has 1 atom stereocenters. The van der Waals surface area contributed by atoms with Crippen molar-refractivity contribution in [3.8, 4) is 0 Å². The molecule has 21 heavy (non-hydrogen) atoms. The summed E-state index contributed by atoms with van der Waals surface area (Å²) in [5.74, 6) is 0.918. The van der Waals surface area contributed by atoms with Crippen LogP contribution in [0.4, 0.5) is 0 Å². The SMILES string of the molecule is CCn1c(CC(O)c2ccccc2Br)nc2ccccc21. The highest BCUT2D eigenvalue weighted by Gasteiger charge is 2.16. The number of aliphatic hydroxyl groups excluding tert-OH is 1. The first-order valence-corrected chi connectivity index (χ1v) is 7.86. The molecule has 0 saturated carbocycles. The Hall–Kier alpha value is -1.65. The standard InChI is InChI=1S/C17H17BrN2O/c1-2-20-15-10-6-5-9-14(15)19-17(20)11-16(21)12-7-3-4-8-13(12)18/h3-10,16,21H,2,11H2,1H3. The van der Waals surface area contributed by atoms with E-state index in [1.807, 2.05) is 42.5 Å². The molecule has 3 nitrogen and oxygen atoms in total. The van der Waals surface area contributed by atoms with E-state index in [1.165, 1.54) is 0 Å². The number of rotatable bonds is 4. The van der Waals surface area contributed by atoms with Crippen molar-refractivity contribution in [1.82, 2.24) is 9.55 Å². The summed E-state index contributed by atoms with van der Waals surface area (Å²) in [6.45, 7) is 2.95. The van der Waals surface area contributed by atoms with Crippen molar-refractivity contribution in [3.63, 3.8) is 0 Å². The lowest BCUT2D eigenvalue weighted by atomic mass is 10.1. The van der Waals surface area contributed by atoms with Crippen LogP contribution in [0.5, 0.6) is 0 Å². The summed E-state index contributed by atoms with van der Waals surface area (Å²) >= 11 is 3.49. The van der Waals surface area contributed by atoms with Gasteiger partial charge in [-0.15, -0.1) is 0 Å². The molecule has 0 bridgehead atoms. The Morgan fingerprint density at radius 3 is 2.62 bits per heavy atom. The fraction of sp³-hybridized carbons (Fsp3) is 0.235. The van der Waals surface area contributed by atoms with Crippen LogP contribution in [-0.2, 0) is 13.0 Å². The zero-order chi connectivity index (χ0) is 14.8. The summed E-state index contributed by atoms with van der Waals surface area (Å²) in [7, 11) is 0. The summed E-state index contributed by atoms with van der Waals surface area (Å²) < 4.78 is 3.09. The molecule has 1 N–H and O–H groups in total. The van der Waals surface area contributed by atoms with E-state index in [4.69, 9.17) is 0 Å². The highest BCUT2D eigenvalue weighted by Crippen LogP contribution is 2.27. The second-order valence-corrected chi connectivity index (χ2v) is 5.86. The van der Waals surface area contributed by atoms with Gasteiger partial charge in [0.05, 0.1) is 17.1 Å². The largest absolute Gasteiger partial charge is 0.388 e. The quantitative estimate of drug-likeness (QED) is 0.773. The van der Waals surface area contributed by atoms with Crippen LogP contribution >= 0.6 is 15.9 Å². The van der Waals surface area contributed by atoms with E-state index in [2.05, 4.69) is 38.5 Å². The highest BCUT2D eigenvalue weighted by molar-refractivity contribution is 9.10. The average Bonchev–Trinajstić information content (AvgIpc) is 2.84. The molecular formula is C17H17BrN2O. The molecule has 2 aromatic carbocycles. The van der Waals surface area contributed by atoms with Crippen molar-refractivity contribution in [3.05, 3.63) is 64.4 Å². The number of halogens is 1. The average molecular weight is 345 g/mol. The number of nitrogens with zero attached hydrogens (tertiary/aromatic N) is 2. The molecule has 0 aliphatic rings. The van der Waals surface area contributed by atoms with Crippen LogP contribution in [0.2, 0.25) is 0 Å². The monoisotopic (exact) mass is 344 g/mol. The van der Waals surface area contributed by atoms with Gasteiger partial charge >= 0.3 is 0 Å². The number of fused-ring (bicyclic) bond motifs is 1. The molecule has 4 heteroatoms. The molecule has 1 heterocycles. The van der Waals surface area contributed by atoms with E-state index in [9.17, 15) is 5.11 Å². The number of hydrogen-bond acceptors (Lipinski definition) is 2. The number of hydrogen-bond donors (Lipinski definition) is 1. The lowest BCUT2D eigenvalue weighted by Crippen LogP contribution is -2.09. The summed E-state index contributed by atoms with van der Waals surface area (Å²) in [5.41, 5.74) is 3.00. The molecule has 3 aromatic rings. The van der Waals surface area contributed by atoms with E-state index in [1.54, 1.807) is 0 Å². The minimum absolute atomic E-state index is 0.505. The summed E-state index contributed by atoms with van der Waals surface area (Å²) in [6.07, 6.45) is -0.0619. The maximum Gasteiger partial charge on any atom is 0.112 e. The molecule has 0 aliphatic heterocycles. The molecule has 108 valence electrons. The molecule has 0 aliphatic carbocycles. The number of aryl methyl sites for hydroxylation is 1. The Morgan fingerprint density at radius 2 is 1.86 bits per heavy atom. The molecule has 1 aromatic heterocycles. The lowest BCUT2D eigenvalue weighted by Gasteiger charge is -2.13. The Kier molecular flexibility index (Phi) is 4.08. The molecule has 0 radical (unpaired) electrons. The third-order valence-electron chi connectivity index (χ3n) is 3.69. The first-order chi connectivity index (χ1) is 10.2. The normalized spacial score (nSPS) is 12.7. The maximum atomic E-state index is 10.5. The van der Waals surface area contributed by atoms with Gasteiger partial charge in [-0.3, -0.25) is 0 Å². The minimum atomic E-state index is -0.567. The van der Waals surface area contributed by atoms with Crippen LogP contribution in [-0.4, -0.2) is 14.7 Å². The van der Waals surface area contributed by atoms with E-state index >= 15 is 0 Å². The van der Waals surface area contributed by atoms with Gasteiger partial charge in [-0.2, -0.15) is 0 Å². The van der Waals surface area contributed by atoms with Gasteiger partial charge in [0.2, 0.25) is 0 Å². The Balaban J connectivity index is 1.96. The molecule has 0 spiro atoms. The van der Waals surface area contributed by atoms with Crippen LogP contribution in [0.25, 0.3) is 11.0 Å². The number of imidazole rings is 1. The molecule has 0 saturated heterocycles. The molecule has 0 fully saturated rings.